The first kappa shape index (κ1) is 33.3. The van der Waals surface area contributed by atoms with Gasteiger partial charge in [0.15, 0.2) is 0 Å². The molecule has 13 rings (SSSR count). The van der Waals surface area contributed by atoms with E-state index < -0.39 is 0 Å². The number of para-hydroxylation sites is 1. The van der Waals surface area contributed by atoms with Crippen molar-refractivity contribution in [2.45, 2.75) is 92.3 Å². The van der Waals surface area contributed by atoms with Crippen LogP contribution in [0.15, 0.2) is 142 Å². The Balaban J connectivity index is 0.933. The second kappa shape index (κ2) is 11.1. The molecule has 6 unspecified atom stereocenters. The van der Waals surface area contributed by atoms with Gasteiger partial charge in [-0.1, -0.05) is 100 Å². The zero-order chi connectivity index (χ0) is 38.1. The Morgan fingerprint density at radius 3 is 2.09 bits per heavy atom. The van der Waals surface area contributed by atoms with E-state index >= 15 is 0 Å². The van der Waals surface area contributed by atoms with Crippen molar-refractivity contribution in [3.8, 4) is 11.1 Å². The van der Waals surface area contributed by atoms with E-state index in [9.17, 15) is 0 Å². The predicted octanol–water partition coefficient (Wildman–Crippen LogP) is 14.9. The minimum absolute atomic E-state index is 0.113. The number of fused-ring (bicyclic) bond motifs is 11. The predicted molar refractivity (Wildman–Crippen MR) is 235 cm³/mol. The van der Waals surface area contributed by atoms with E-state index in [1.54, 1.807) is 11.1 Å². The van der Waals surface area contributed by atoms with Gasteiger partial charge in [0.2, 0.25) is 0 Å². The van der Waals surface area contributed by atoms with Crippen LogP contribution in [0.3, 0.4) is 0 Å². The topological polar surface area (TPSA) is 16.4 Å². The van der Waals surface area contributed by atoms with Gasteiger partial charge in [-0.05, 0) is 179 Å². The molecule has 2 spiro atoms. The molecule has 3 heteroatoms. The molecule has 4 saturated carbocycles. The summed E-state index contributed by atoms with van der Waals surface area (Å²) in [6.07, 6.45) is 8.26. The van der Waals surface area contributed by atoms with Crippen LogP contribution in [0, 0.1) is 29.1 Å². The van der Waals surface area contributed by atoms with Crippen molar-refractivity contribution in [1.29, 1.82) is 0 Å². The van der Waals surface area contributed by atoms with Crippen molar-refractivity contribution in [3.63, 3.8) is 0 Å². The molecule has 5 aliphatic carbocycles. The van der Waals surface area contributed by atoms with E-state index in [1.807, 2.05) is 11.8 Å². The van der Waals surface area contributed by atoms with Crippen LogP contribution in [0.5, 0.6) is 0 Å². The zero-order valence-corrected chi connectivity index (χ0v) is 34.3. The summed E-state index contributed by atoms with van der Waals surface area (Å²) in [6.45, 7) is 9.69. The number of hydrogen-bond donors (Lipinski definition) is 0. The molecule has 0 radical (unpaired) electrons. The largest absolute Gasteiger partial charge is 0.456 e. The maximum Gasteiger partial charge on any atom is 0.135 e. The Hall–Kier alpha value is -4.73. The molecule has 2 nitrogen and oxygen atoms in total. The highest BCUT2D eigenvalue weighted by Gasteiger charge is 2.84. The van der Waals surface area contributed by atoms with Crippen LogP contribution in [0.1, 0.15) is 88.5 Å². The first-order chi connectivity index (χ1) is 27.6. The summed E-state index contributed by atoms with van der Waals surface area (Å²) in [7, 11) is 0. The lowest BCUT2D eigenvalue weighted by atomic mass is 9.26. The van der Waals surface area contributed by atoms with Crippen molar-refractivity contribution in [1.82, 2.24) is 0 Å². The van der Waals surface area contributed by atoms with Gasteiger partial charge in [-0.2, -0.15) is 0 Å². The second-order valence-electron chi connectivity index (χ2n) is 20.0. The number of anilines is 3. The summed E-state index contributed by atoms with van der Waals surface area (Å²) >= 11 is 2.01. The minimum atomic E-state index is 0.113. The van der Waals surface area contributed by atoms with Crippen LogP contribution in [0.4, 0.5) is 17.1 Å². The van der Waals surface area contributed by atoms with Gasteiger partial charge in [-0.25, -0.2) is 0 Å². The summed E-state index contributed by atoms with van der Waals surface area (Å²) in [6, 6.07) is 48.8. The maximum atomic E-state index is 6.30. The van der Waals surface area contributed by atoms with Crippen LogP contribution in [0.2, 0.25) is 0 Å². The summed E-state index contributed by atoms with van der Waals surface area (Å²) in [4.78, 5) is 5.45. The molecular formula is C54H49NOS. The minimum Gasteiger partial charge on any atom is -0.456 e. The van der Waals surface area contributed by atoms with Gasteiger partial charge >= 0.3 is 0 Å². The molecule has 2 bridgehead atoms. The summed E-state index contributed by atoms with van der Waals surface area (Å²) in [5.41, 5.74) is 15.3. The fraction of sp³-hybridized carbons (Fsp3) is 0.333. The molecule has 2 heterocycles. The molecule has 0 N–H and O–H groups in total. The fourth-order valence-corrected chi connectivity index (χ4v) is 15.3. The van der Waals surface area contributed by atoms with Gasteiger partial charge in [0.25, 0.3) is 0 Å². The molecule has 0 amide bonds. The summed E-state index contributed by atoms with van der Waals surface area (Å²) < 4.78 is 6.30. The van der Waals surface area contributed by atoms with Crippen LogP contribution < -0.4 is 4.90 Å². The molecular weight excluding hydrogens is 711 g/mol. The van der Waals surface area contributed by atoms with Crippen molar-refractivity contribution in [3.05, 3.63) is 150 Å². The first-order valence-corrected chi connectivity index (χ1v) is 22.4. The molecule has 7 aromatic rings. The fourth-order valence-electron chi connectivity index (χ4n) is 14.1. The third kappa shape index (κ3) is 4.19. The Kier molecular flexibility index (Phi) is 6.45. The van der Waals surface area contributed by atoms with E-state index in [1.165, 1.54) is 81.9 Å². The van der Waals surface area contributed by atoms with Gasteiger partial charge in [0, 0.05) is 43.0 Å². The Labute approximate surface area is 340 Å². The van der Waals surface area contributed by atoms with Crippen molar-refractivity contribution < 1.29 is 4.42 Å². The third-order valence-corrected chi connectivity index (χ3v) is 17.8. The van der Waals surface area contributed by atoms with Gasteiger partial charge in [0.05, 0.1) is 0 Å². The molecule has 282 valence electrons. The number of benzene rings is 6. The van der Waals surface area contributed by atoms with Crippen LogP contribution >= 0.6 is 11.8 Å². The average molecular weight is 760 g/mol. The number of nitrogens with zero attached hydrogens (tertiary/aromatic N) is 1. The van der Waals surface area contributed by atoms with Crippen LogP contribution in [-0.2, 0) is 16.2 Å². The van der Waals surface area contributed by atoms with Gasteiger partial charge < -0.3 is 9.32 Å². The van der Waals surface area contributed by atoms with E-state index in [-0.39, 0.29) is 16.2 Å². The highest BCUT2D eigenvalue weighted by Crippen LogP contribution is 2.89. The van der Waals surface area contributed by atoms with E-state index in [0.29, 0.717) is 5.41 Å². The standard InChI is InChI=1S/C54H49NOS/c1-51(2)23-24-52(3,4)43-30-38(18-20-41(43)51)55(37-19-21-46-40(29-37)39-9-5-7-11-45(39)56-46)36-16-13-33(14-17-36)34-15-22-48-44(27-34)54(42-10-6-8-12-47(42)57-48)49-26-32-25-35-28-50(54)53(35,49)31-32/h5-22,27,29-30,32,35,49-50H,23-26,28,31H2,1-4H3. The average Bonchev–Trinajstić information content (AvgIpc) is 3.89. The smallest absolute Gasteiger partial charge is 0.135 e. The number of hydrogen-bond acceptors (Lipinski definition) is 3. The molecule has 6 atom stereocenters. The molecule has 0 saturated heterocycles. The van der Waals surface area contributed by atoms with Crippen molar-refractivity contribution in [2.24, 2.45) is 29.1 Å². The number of rotatable bonds is 4. The third-order valence-electron chi connectivity index (χ3n) is 16.7. The molecule has 4 fully saturated rings. The Bertz CT molecular complexity index is 2840. The van der Waals surface area contributed by atoms with Gasteiger partial charge in [-0.15, -0.1) is 0 Å². The monoisotopic (exact) mass is 759 g/mol. The molecule has 1 aromatic heterocycles. The summed E-state index contributed by atoms with van der Waals surface area (Å²) in [5.74, 6) is 3.54. The Morgan fingerprint density at radius 1 is 0.544 bits per heavy atom. The maximum absolute atomic E-state index is 6.30. The molecule has 6 aliphatic rings. The highest BCUT2D eigenvalue weighted by atomic mass is 32.2. The second-order valence-corrected chi connectivity index (χ2v) is 21.1. The van der Waals surface area contributed by atoms with Crippen molar-refractivity contribution >= 4 is 50.8 Å². The molecule has 57 heavy (non-hydrogen) atoms. The quantitative estimate of drug-likeness (QED) is 0.178. The van der Waals surface area contributed by atoms with E-state index in [0.717, 1.165) is 51.3 Å². The van der Waals surface area contributed by atoms with Crippen LogP contribution in [0.25, 0.3) is 33.1 Å². The lowest BCUT2D eigenvalue weighted by molar-refractivity contribution is -0.235. The van der Waals surface area contributed by atoms with Crippen LogP contribution in [-0.4, -0.2) is 0 Å². The first-order valence-electron chi connectivity index (χ1n) is 21.5. The number of furan rings is 1. The lowest BCUT2D eigenvalue weighted by Crippen LogP contribution is -2.74. The van der Waals surface area contributed by atoms with Crippen molar-refractivity contribution in [2.75, 3.05) is 4.90 Å². The van der Waals surface area contributed by atoms with Gasteiger partial charge in [0.1, 0.15) is 11.2 Å². The van der Waals surface area contributed by atoms with E-state index in [2.05, 4.69) is 160 Å². The lowest BCUT2D eigenvalue weighted by Gasteiger charge is -2.78. The van der Waals surface area contributed by atoms with E-state index in [4.69, 9.17) is 4.42 Å². The Morgan fingerprint density at radius 2 is 1.23 bits per heavy atom. The summed E-state index contributed by atoms with van der Waals surface area (Å²) in [5, 5.41) is 2.31. The molecule has 6 aromatic carbocycles. The normalized spacial score (nSPS) is 29.0. The SMILES string of the molecule is CC1(C)CCC(C)(C)c2cc(N(c3ccc(-c4ccc5c(c4)C4(c6ccccc6S5)C5CC6CC7CC4C75C6)cc3)c3ccc4oc5ccccc5c4c3)ccc21. The van der Waals surface area contributed by atoms with Gasteiger partial charge in [-0.3, -0.25) is 0 Å². The highest BCUT2D eigenvalue weighted by molar-refractivity contribution is 7.99. The zero-order valence-electron chi connectivity index (χ0n) is 33.4. The molecule has 1 aliphatic heterocycles.